The van der Waals surface area contributed by atoms with Crippen LogP contribution in [0.2, 0.25) is 0 Å². The first-order valence-corrected chi connectivity index (χ1v) is 6.93. The van der Waals surface area contributed by atoms with E-state index >= 15 is 0 Å². The van der Waals surface area contributed by atoms with Crippen molar-refractivity contribution >= 4 is 17.6 Å². The lowest BCUT2D eigenvalue weighted by Gasteiger charge is -2.28. The number of hydrogen-bond acceptors (Lipinski definition) is 4. The lowest BCUT2D eigenvalue weighted by Crippen LogP contribution is -2.42. The van der Waals surface area contributed by atoms with Crippen molar-refractivity contribution in [3.63, 3.8) is 0 Å². The van der Waals surface area contributed by atoms with Gasteiger partial charge in [-0.1, -0.05) is 6.07 Å². The fraction of sp³-hybridized carbons (Fsp3) is 0.467. The topological polar surface area (TPSA) is 72.6 Å². The third kappa shape index (κ3) is 3.50. The molecule has 0 aliphatic carbocycles. The smallest absolute Gasteiger partial charge is 0.338 e. The third-order valence-electron chi connectivity index (χ3n) is 3.42. The Morgan fingerprint density at radius 3 is 2.60 bits per heavy atom. The molecule has 2 rings (SSSR count). The highest BCUT2D eigenvalue weighted by Gasteiger charge is 2.25. The first kappa shape index (κ1) is 14.4. The van der Waals surface area contributed by atoms with Crippen molar-refractivity contribution in [3.8, 4) is 0 Å². The second-order valence-corrected chi connectivity index (χ2v) is 5.06. The summed E-state index contributed by atoms with van der Waals surface area (Å²) in [6.45, 7) is 3.11. The van der Waals surface area contributed by atoms with E-state index in [4.69, 9.17) is 10.5 Å². The summed E-state index contributed by atoms with van der Waals surface area (Å²) in [5.41, 5.74) is 6.48. The van der Waals surface area contributed by atoms with Crippen molar-refractivity contribution in [2.45, 2.75) is 32.3 Å². The highest BCUT2D eigenvalue weighted by Crippen LogP contribution is 2.13. The molecule has 20 heavy (non-hydrogen) atoms. The van der Waals surface area contributed by atoms with Crippen LogP contribution in [0.5, 0.6) is 0 Å². The quantitative estimate of drug-likeness (QED) is 0.675. The van der Waals surface area contributed by atoms with Crippen molar-refractivity contribution in [1.82, 2.24) is 4.90 Å². The Kier molecular flexibility index (Phi) is 4.61. The number of esters is 1. The van der Waals surface area contributed by atoms with Gasteiger partial charge in [-0.05, 0) is 44.4 Å². The minimum absolute atomic E-state index is 0.123. The number of likely N-dealkylation sites (tertiary alicyclic amines) is 1. The molecule has 2 N–H and O–H groups in total. The molecule has 1 heterocycles. The summed E-state index contributed by atoms with van der Waals surface area (Å²) in [6.07, 6.45) is 2.42. The fourth-order valence-electron chi connectivity index (χ4n) is 2.32. The van der Waals surface area contributed by atoms with Gasteiger partial charge in [-0.25, -0.2) is 4.79 Å². The van der Waals surface area contributed by atoms with Crippen molar-refractivity contribution in [1.29, 1.82) is 0 Å². The van der Waals surface area contributed by atoms with Crippen molar-refractivity contribution in [2.75, 3.05) is 18.8 Å². The van der Waals surface area contributed by atoms with Crippen LogP contribution in [-0.2, 0) is 9.53 Å². The van der Waals surface area contributed by atoms with Crippen LogP contribution in [-0.4, -0.2) is 36.0 Å². The van der Waals surface area contributed by atoms with E-state index in [1.54, 1.807) is 36.1 Å². The minimum atomic E-state index is -0.762. The van der Waals surface area contributed by atoms with E-state index < -0.39 is 12.1 Å². The largest absolute Gasteiger partial charge is 0.449 e. The summed E-state index contributed by atoms with van der Waals surface area (Å²) < 4.78 is 5.22. The molecule has 5 nitrogen and oxygen atoms in total. The number of nitrogen functional groups attached to an aromatic ring is 1. The maximum absolute atomic E-state index is 12.2. The Morgan fingerprint density at radius 1 is 1.25 bits per heavy atom. The Hall–Kier alpha value is -2.04. The summed E-state index contributed by atoms with van der Waals surface area (Å²) in [5.74, 6) is -0.642. The third-order valence-corrected chi connectivity index (χ3v) is 3.42. The van der Waals surface area contributed by atoms with Gasteiger partial charge in [0, 0.05) is 18.8 Å². The lowest BCUT2D eigenvalue weighted by molar-refractivity contribution is -0.140. The predicted octanol–water partition coefficient (Wildman–Crippen LogP) is 1.83. The molecule has 1 fully saturated rings. The van der Waals surface area contributed by atoms with E-state index in [1.165, 1.54) is 0 Å². The molecule has 108 valence electrons. The van der Waals surface area contributed by atoms with Gasteiger partial charge in [-0.3, -0.25) is 4.79 Å². The Labute approximate surface area is 118 Å². The maximum atomic E-state index is 12.2. The molecule has 0 aromatic heterocycles. The van der Waals surface area contributed by atoms with Crippen LogP contribution < -0.4 is 5.73 Å². The van der Waals surface area contributed by atoms with Crippen LogP contribution >= 0.6 is 0 Å². The second kappa shape index (κ2) is 6.41. The van der Waals surface area contributed by atoms with Gasteiger partial charge in [0.05, 0.1) is 5.56 Å². The zero-order valence-corrected chi connectivity index (χ0v) is 11.7. The molecule has 1 aliphatic heterocycles. The number of ether oxygens (including phenoxy) is 1. The molecular weight excluding hydrogens is 256 g/mol. The number of amides is 1. The minimum Gasteiger partial charge on any atom is -0.449 e. The molecule has 0 spiro atoms. The summed E-state index contributed by atoms with van der Waals surface area (Å²) >= 11 is 0. The first-order chi connectivity index (χ1) is 9.58. The first-order valence-electron chi connectivity index (χ1n) is 6.93. The van der Waals surface area contributed by atoms with E-state index in [-0.39, 0.29) is 5.91 Å². The summed E-state index contributed by atoms with van der Waals surface area (Å²) in [7, 11) is 0. The van der Waals surface area contributed by atoms with Crippen molar-refractivity contribution < 1.29 is 14.3 Å². The highest BCUT2D eigenvalue weighted by molar-refractivity contribution is 5.93. The van der Waals surface area contributed by atoms with Crippen molar-refractivity contribution in [2.24, 2.45) is 0 Å². The SMILES string of the molecule is CC(OC(=O)c1cccc(N)c1)C(=O)N1CCCCC1. The average Bonchev–Trinajstić information content (AvgIpc) is 2.47. The van der Waals surface area contributed by atoms with Crippen molar-refractivity contribution in [3.05, 3.63) is 29.8 Å². The van der Waals surface area contributed by atoms with Crippen LogP contribution in [0.4, 0.5) is 5.69 Å². The molecule has 1 unspecified atom stereocenters. The molecule has 1 saturated heterocycles. The van der Waals surface area contributed by atoms with E-state index in [0.29, 0.717) is 11.3 Å². The normalized spacial score (nSPS) is 16.6. The van der Waals surface area contributed by atoms with Gasteiger partial charge in [-0.2, -0.15) is 0 Å². The Morgan fingerprint density at radius 2 is 1.95 bits per heavy atom. The number of hydrogen-bond donors (Lipinski definition) is 1. The summed E-state index contributed by atoms with van der Waals surface area (Å²) in [6, 6.07) is 6.54. The number of nitrogens with zero attached hydrogens (tertiary/aromatic N) is 1. The van der Waals surface area contributed by atoms with Gasteiger partial charge in [0.1, 0.15) is 0 Å². The van der Waals surface area contributed by atoms with E-state index in [9.17, 15) is 9.59 Å². The van der Waals surface area contributed by atoms with Crippen LogP contribution in [0.3, 0.4) is 0 Å². The molecule has 0 bridgehead atoms. The van der Waals surface area contributed by atoms with E-state index in [2.05, 4.69) is 0 Å². The number of carbonyl (C=O) groups excluding carboxylic acids is 2. The number of rotatable bonds is 3. The molecule has 1 aromatic carbocycles. The fourth-order valence-corrected chi connectivity index (χ4v) is 2.32. The highest BCUT2D eigenvalue weighted by atomic mass is 16.5. The standard InChI is InChI=1S/C15H20N2O3/c1-11(14(18)17-8-3-2-4-9-17)20-15(19)12-6-5-7-13(16)10-12/h5-7,10-11H,2-4,8-9,16H2,1H3. The van der Waals surface area contributed by atoms with Gasteiger partial charge < -0.3 is 15.4 Å². The summed E-state index contributed by atoms with van der Waals surface area (Å²) in [4.78, 5) is 25.9. The molecule has 0 radical (unpaired) electrons. The molecule has 1 aliphatic rings. The Balaban J connectivity index is 1.94. The maximum Gasteiger partial charge on any atom is 0.338 e. The van der Waals surface area contributed by atoms with Gasteiger partial charge >= 0.3 is 5.97 Å². The molecular formula is C15H20N2O3. The number of benzene rings is 1. The van der Waals surface area contributed by atoms with Gasteiger partial charge in [-0.15, -0.1) is 0 Å². The zero-order chi connectivity index (χ0) is 14.5. The molecule has 5 heteroatoms. The molecule has 1 amide bonds. The predicted molar refractivity (Wildman–Crippen MR) is 76.2 cm³/mol. The second-order valence-electron chi connectivity index (χ2n) is 5.06. The van der Waals surface area contributed by atoms with E-state index in [0.717, 1.165) is 32.4 Å². The number of nitrogens with two attached hydrogens (primary N) is 1. The zero-order valence-electron chi connectivity index (χ0n) is 11.7. The lowest BCUT2D eigenvalue weighted by atomic mass is 10.1. The monoisotopic (exact) mass is 276 g/mol. The molecule has 1 atom stereocenters. The van der Waals surface area contributed by atoms with Crippen LogP contribution in [0, 0.1) is 0 Å². The van der Waals surface area contributed by atoms with Crippen LogP contribution in [0.15, 0.2) is 24.3 Å². The number of piperidine rings is 1. The van der Waals surface area contributed by atoms with Gasteiger partial charge in [0.15, 0.2) is 6.10 Å². The van der Waals surface area contributed by atoms with Gasteiger partial charge in [0.25, 0.3) is 5.91 Å². The average molecular weight is 276 g/mol. The Bertz CT molecular complexity index is 496. The molecule has 1 aromatic rings. The van der Waals surface area contributed by atoms with Crippen LogP contribution in [0.25, 0.3) is 0 Å². The molecule has 0 saturated carbocycles. The van der Waals surface area contributed by atoms with Gasteiger partial charge in [0.2, 0.25) is 0 Å². The van der Waals surface area contributed by atoms with Crippen LogP contribution in [0.1, 0.15) is 36.5 Å². The number of carbonyl (C=O) groups is 2. The summed E-state index contributed by atoms with van der Waals surface area (Å²) in [5, 5.41) is 0. The number of anilines is 1. The van der Waals surface area contributed by atoms with E-state index in [1.807, 2.05) is 0 Å².